The summed E-state index contributed by atoms with van der Waals surface area (Å²) in [5.74, 6) is 1.97. The predicted octanol–water partition coefficient (Wildman–Crippen LogP) is 3.87. The van der Waals surface area contributed by atoms with Gasteiger partial charge >= 0.3 is 0 Å². The van der Waals surface area contributed by atoms with Crippen LogP contribution in [-0.2, 0) is 11.3 Å². The van der Waals surface area contributed by atoms with E-state index < -0.39 is 6.10 Å². The topological polar surface area (TPSA) is 89.1 Å². The van der Waals surface area contributed by atoms with Crippen molar-refractivity contribution in [3.8, 4) is 22.9 Å². The second-order valence-corrected chi connectivity index (χ2v) is 6.70. The van der Waals surface area contributed by atoms with E-state index in [4.69, 9.17) is 32.7 Å². The van der Waals surface area contributed by atoms with E-state index in [1.807, 2.05) is 24.3 Å². The number of aromatic nitrogens is 3. The number of nitrogens with zero attached hydrogens (tertiary/aromatic N) is 2. The lowest BCUT2D eigenvalue weighted by molar-refractivity contribution is -0.127. The summed E-state index contributed by atoms with van der Waals surface area (Å²) in [5.41, 5.74) is 0.839. The Morgan fingerprint density at radius 3 is 2.54 bits per heavy atom. The molecule has 9 heteroatoms. The maximum atomic E-state index is 12.2. The van der Waals surface area contributed by atoms with Crippen LogP contribution < -0.4 is 14.8 Å². The number of hydrogen-bond donors (Lipinski definition) is 2. The fourth-order valence-electron chi connectivity index (χ4n) is 2.37. The van der Waals surface area contributed by atoms with Crippen LogP contribution in [0.1, 0.15) is 12.7 Å². The van der Waals surface area contributed by atoms with Crippen molar-refractivity contribution in [1.29, 1.82) is 0 Å². The van der Waals surface area contributed by atoms with Gasteiger partial charge in [-0.3, -0.25) is 9.89 Å². The average Bonchev–Trinajstić information content (AvgIpc) is 3.18. The van der Waals surface area contributed by atoms with Crippen LogP contribution in [0.5, 0.6) is 11.5 Å². The monoisotopic (exact) mass is 420 g/mol. The Hall–Kier alpha value is -2.77. The van der Waals surface area contributed by atoms with E-state index in [1.165, 1.54) is 0 Å². The van der Waals surface area contributed by atoms with Crippen LogP contribution >= 0.6 is 23.2 Å². The lowest BCUT2D eigenvalue weighted by Gasteiger charge is -2.14. The number of H-pyrrole nitrogens is 1. The van der Waals surface area contributed by atoms with Crippen LogP contribution in [0.25, 0.3) is 11.4 Å². The van der Waals surface area contributed by atoms with Crippen molar-refractivity contribution in [3.63, 3.8) is 0 Å². The molecule has 0 saturated carbocycles. The molecule has 0 saturated heterocycles. The van der Waals surface area contributed by atoms with Crippen molar-refractivity contribution in [3.05, 3.63) is 58.3 Å². The van der Waals surface area contributed by atoms with Crippen molar-refractivity contribution in [2.45, 2.75) is 19.6 Å². The summed E-state index contributed by atoms with van der Waals surface area (Å²) >= 11 is 11.8. The van der Waals surface area contributed by atoms with Gasteiger partial charge in [-0.05, 0) is 43.3 Å². The SMILES string of the molecule is COc1ccc(-c2n[nH]c(CNC(=O)C(C)Oc3ccc(Cl)c(Cl)c3)n2)cc1. The van der Waals surface area contributed by atoms with Crippen molar-refractivity contribution >= 4 is 29.1 Å². The van der Waals surface area contributed by atoms with Gasteiger partial charge in [0.05, 0.1) is 23.7 Å². The fourth-order valence-corrected chi connectivity index (χ4v) is 2.65. The molecule has 1 atom stereocenters. The molecule has 1 unspecified atom stereocenters. The smallest absolute Gasteiger partial charge is 0.261 e. The number of hydrogen-bond acceptors (Lipinski definition) is 5. The number of rotatable bonds is 7. The third kappa shape index (κ3) is 4.94. The van der Waals surface area contributed by atoms with Crippen molar-refractivity contribution in [2.24, 2.45) is 0 Å². The van der Waals surface area contributed by atoms with Crippen LogP contribution in [-0.4, -0.2) is 34.3 Å². The van der Waals surface area contributed by atoms with E-state index in [-0.39, 0.29) is 12.5 Å². The van der Waals surface area contributed by atoms with Gasteiger partial charge in [0.2, 0.25) is 0 Å². The Morgan fingerprint density at radius 2 is 1.86 bits per heavy atom. The van der Waals surface area contributed by atoms with Gasteiger partial charge in [0, 0.05) is 11.6 Å². The first-order chi connectivity index (χ1) is 13.5. The molecule has 3 aromatic rings. The van der Waals surface area contributed by atoms with Gasteiger partial charge in [0.15, 0.2) is 11.9 Å². The molecule has 3 rings (SSSR count). The number of ether oxygens (including phenoxy) is 2. The molecular formula is C19H18Cl2N4O3. The fraction of sp³-hybridized carbons (Fsp3) is 0.211. The highest BCUT2D eigenvalue weighted by atomic mass is 35.5. The number of carbonyl (C=O) groups excluding carboxylic acids is 1. The zero-order valence-electron chi connectivity index (χ0n) is 15.2. The standard InChI is InChI=1S/C19H18Cl2N4O3/c1-11(28-14-7-8-15(20)16(21)9-14)19(26)22-10-17-23-18(25-24-17)12-3-5-13(27-2)6-4-12/h3-9,11H,10H2,1-2H3,(H,22,26)(H,23,24,25). The van der Waals surface area contributed by atoms with Gasteiger partial charge in [-0.1, -0.05) is 23.2 Å². The minimum Gasteiger partial charge on any atom is -0.497 e. The van der Waals surface area contributed by atoms with E-state index in [0.717, 1.165) is 11.3 Å². The summed E-state index contributed by atoms with van der Waals surface area (Å²) in [6.45, 7) is 1.83. The van der Waals surface area contributed by atoms with Gasteiger partial charge in [-0.2, -0.15) is 5.10 Å². The number of halogens is 2. The number of aromatic amines is 1. The zero-order chi connectivity index (χ0) is 20.1. The summed E-state index contributed by atoms with van der Waals surface area (Å²) in [7, 11) is 1.61. The molecule has 146 valence electrons. The Bertz CT molecular complexity index is 960. The first-order valence-corrected chi connectivity index (χ1v) is 9.17. The average molecular weight is 421 g/mol. The molecular weight excluding hydrogens is 403 g/mol. The quantitative estimate of drug-likeness (QED) is 0.605. The van der Waals surface area contributed by atoms with E-state index >= 15 is 0 Å². The molecule has 0 aliphatic carbocycles. The van der Waals surface area contributed by atoms with Gasteiger partial charge in [-0.25, -0.2) is 4.98 Å². The summed E-state index contributed by atoms with van der Waals surface area (Å²) in [6.07, 6.45) is -0.721. The van der Waals surface area contributed by atoms with E-state index in [2.05, 4.69) is 20.5 Å². The van der Waals surface area contributed by atoms with Crippen LogP contribution in [0.15, 0.2) is 42.5 Å². The molecule has 2 aromatic carbocycles. The molecule has 1 aromatic heterocycles. The van der Waals surface area contributed by atoms with Crippen LogP contribution in [0.3, 0.4) is 0 Å². The first-order valence-electron chi connectivity index (χ1n) is 8.41. The highest BCUT2D eigenvalue weighted by Gasteiger charge is 2.16. The maximum absolute atomic E-state index is 12.2. The Kier molecular flexibility index (Phi) is 6.38. The van der Waals surface area contributed by atoms with Gasteiger partial charge < -0.3 is 14.8 Å². The minimum absolute atomic E-state index is 0.192. The number of nitrogens with one attached hydrogen (secondary N) is 2. The Morgan fingerprint density at radius 1 is 1.14 bits per heavy atom. The molecule has 0 radical (unpaired) electrons. The summed E-state index contributed by atoms with van der Waals surface area (Å²) < 4.78 is 10.7. The van der Waals surface area contributed by atoms with E-state index in [1.54, 1.807) is 32.2 Å². The molecule has 7 nitrogen and oxygen atoms in total. The van der Waals surface area contributed by atoms with Crippen molar-refractivity contribution in [1.82, 2.24) is 20.5 Å². The Labute approximate surface area is 172 Å². The summed E-state index contributed by atoms with van der Waals surface area (Å²) in [6, 6.07) is 12.2. The number of carbonyl (C=O) groups is 1. The minimum atomic E-state index is -0.721. The third-order valence-electron chi connectivity index (χ3n) is 3.88. The van der Waals surface area contributed by atoms with Gasteiger partial charge in [0.1, 0.15) is 17.3 Å². The van der Waals surface area contributed by atoms with E-state index in [0.29, 0.717) is 27.4 Å². The zero-order valence-corrected chi connectivity index (χ0v) is 16.7. The predicted molar refractivity (Wildman–Crippen MR) is 107 cm³/mol. The maximum Gasteiger partial charge on any atom is 0.261 e. The van der Waals surface area contributed by atoms with Crippen molar-refractivity contribution in [2.75, 3.05) is 7.11 Å². The third-order valence-corrected chi connectivity index (χ3v) is 4.62. The largest absolute Gasteiger partial charge is 0.497 e. The van der Waals surface area contributed by atoms with Gasteiger partial charge in [0.25, 0.3) is 5.91 Å². The molecule has 0 bridgehead atoms. The summed E-state index contributed by atoms with van der Waals surface area (Å²) in [4.78, 5) is 16.6. The van der Waals surface area contributed by atoms with Crippen LogP contribution in [0, 0.1) is 0 Å². The Balaban J connectivity index is 1.55. The molecule has 1 heterocycles. The lowest BCUT2D eigenvalue weighted by Crippen LogP contribution is -2.36. The number of benzene rings is 2. The lowest BCUT2D eigenvalue weighted by atomic mass is 10.2. The first kappa shape index (κ1) is 20.0. The molecule has 0 aliphatic heterocycles. The number of methoxy groups -OCH3 is 1. The molecule has 1 amide bonds. The highest BCUT2D eigenvalue weighted by molar-refractivity contribution is 6.42. The number of amides is 1. The van der Waals surface area contributed by atoms with Crippen molar-refractivity contribution < 1.29 is 14.3 Å². The summed E-state index contributed by atoms with van der Waals surface area (Å²) in [5, 5.41) is 10.5. The molecule has 0 aliphatic rings. The highest BCUT2D eigenvalue weighted by Crippen LogP contribution is 2.26. The second-order valence-electron chi connectivity index (χ2n) is 5.89. The van der Waals surface area contributed by atoms with E-state index in [9.17, 15) is 4.79 Å². The van der Waals surface area contributed by atoms with Gasteiger partial charge in [-0.15, -0.1) is 0 Å². The van der Waals surface area contributed by atoms with Crippen LogP contribution in [0.2, 0.25) is 10.0 Å². The molecule has 2 N–H and O–H groups in total. The molecule has 28 heavy (non-hydrogen) atoms. The normalized spacial score (nSPS) is 11.7. The molecule has 0 fully saturated rings. The van der Waals surface area contributed by atoms with Crippen LogP contribution in [0.4, 0.5) is 0 Å². The molecule has 0 spiro atoms. The second kappa shape index (κ2) is 8.95.